The number of likely N-dealkylation sites (tertiary alicyclic amines) is 1. The Hall–Kier alpha value is -1.17. The van der Waals surface area contributed by atoms with Crippen LogP contribution in [0.3, 0.4) is 0 Å². The van der Waals surface area contributed by atoms with Gasteiger partial charge in [0.15, 0.2) is 0 Å². The topological polar surface area (TPSA) is 75.4 Å². The molecular weight excluding hydrogens is 238 g/mol. The molecular formula is C11H19N3O2S. The fourth-order valence-corrected chi connectivity index (χ4v) is 1.91. The van der Waals surface area contributed by atoms with E-state index < -0.39 is 11.8 Å². The zero-order chi connectivity index (χ0) is 13.0. The number of amides is 2. The lowest BCUT2D eigenvalue weighted by Crippen LogP contribution is -2.49. The number of carbonyl (C=O) groups is 2. The molecule has 6 heteroatoms. The molecule has 0 radical (unpaired) electrons. The van der Waals surface area contributed by atoms with Gasteiger partial charge in [0.2, 0.25) is 0 Å². The predicted octanol–water partition coefficient (Wildman–Crippen LogP) is -0.107. The fourth-order valence-electron chi connectivity index (χ4n) is 1.83. The van der Waals surface area contributed by atoms with Crippen molar-refractivity contribution in [1.29, 1.82) is 0 Å². The molecule has 0 saturated carbocycles. The predicted molar refractivity (Wildman–Crippen MR) is 69.3 cm³/mol. The maximum Gasteiger partial charge on any atom is 0.311 e. The normalized spacial score (nSPS) is 24.2. The van der Waals surface area contributed by atoms with Crippen LogP contribution in [0.5, 0.6) is 0 Å². The molecule has 1 fully saturated rings. The zero-order valence-corrected chi connectivity index (χ0v) is 11.0. The van der Waals surface area contributed by atoms with Crippen molar-refractivity contribution in [3.63, 3.8) is 0 Å². The molecule has 0 aromatic rings. The Balaban J connectivity index is 2.47. The largest absolute Gasteiger partial charge is 0.392 e. The van der Waals surface area contributed by atoms with Crippen LogP contribution in [0.2, 0.25) is 0 Å². The Kier molecular flexibility index (Phi) is 4.86. The number of nitrogens with one attached hydrogen (secondary N) is 1. The maximum absolute atomic E-state index is 11.8. The number of nitrogens with two attached hydrogens (primary N) is 1. The molecule has 1 saturated heterocycles. The molecule has 2 unspecified atom stereocenters. The van der Waals surface area contributed by atoms with E-state index in [0.717, 1.165) is 6.42 Å². The fraction of sp³-hybridized carbons (Fsp3) is 0.727. The third-order valence-corrected chi connectivity index (χ3v) is 3.38. The van der Waals surface area contributed by atoms with Crippen LogP contribution in [0, 0.1) is 11.8 Å². The summed E-state index contributed by atoms with van der Waals surface area (Å²) in [7, 11) is 0. The molecule has 2 amide bonds. The smallest absolute Gasteiger partial charge is 0.311 e. The second kappa shape index (κ2) is 5.95. The van der Waals surface area contributed by atoms with Crippen LogP contribution in [-0.4, -0.2) is 41.3 Å². The van der Waals surface area contributed by atoms with Gasteiger partial charge in [0.05, 0.1) is 11.5 Å². The third-order valence-electron chi connectivity index (χ3n) is 3.24. The van der Waals surface area contributed by atoms with Crippen molar-refractivity contribution in [3.05, 3.63) is 0 Å². The molecule has 17 heavy (non-hydrogen) atoms. The SMILES string of the molecule is CC1CCN(C(=O)C(=O)NCC(N)=S)CC1C. The van der Waals surface area contributed by atoms with E-state index in [1.54, 1.807) is 4.90 Å². The third kappa shape index (κ3) is 3.96. The van der Waals surface area contributed by atoms with Crippen molar-refractivity contribution in [2.24, 2.45) is 17.6 Å². The highest BCUT2D eigenvalue weighted by Crippen LogP contribution is 2.22. The summed E-state index contributed by atoms with van der Waals surface area (Å²) in [4.78, 5) is 25.1. The van der Waals surface area contributed by atoms with Gasteiger partial charge < -0.3 is 16.0 Å². The van der Waals surface area contributed by atoms with Gasteiger partial charge in [-0.1, -0.05) is 26.1 Å². The van der Waals surface area contributed by atoms with Gasteiger partial charge in [-0.2, -0.15) is 0 Å². The van der Waals surface area contributed by atoms with E-state index in [1.807, 2.05) is 0 Å². The molecule has 1 heterocycles. The standard InChI is InChI=1S/C11H19N3O2S/c1-7-3-4-14(6-8(7)2)11(16)10(15)13-5-9(12)17/h7-8H,3-6H2,1-2H3,(H2,12,17)(H,13,15). The van der Waals surface area contributed by atoms with E-state index in [9.17, 15) is 9.59 Å². The van der Waals surface area contributed by atoms with E-state index in [1.165, 1.54) is 0 Å². The van der Waals surface area contributed by atoms with Crippen LogP contribution >= 0.6 is 12.2 Å². The first-order valence-corrected chi connectivity index (χ1v) is 6.18. The van der Waals surface area contributed by atoms with E-state index in [4.69, 9.17) is 5.73 Å². The Morgan fingerprint density at radius 3 is 2.59 bits per heavy atom. The summed E-state index contributed by atoms with van der Waals surface area (Å²) >= 11 is 4.63. The molecule has 96 valence electrons. The minimum absolute atomic E-state index is 0.0691. The van der Waals surface area contributed by atoms with E-state index in [2.05, 4.69) is 31.4 Å². The molecule has 2 atom stereocenters. The molecule has 0 bridgehead atoms. The Morgan fingerprint density at radius 1 is 1.41 bits per heavy atom. The van der Waals surface area contributed by atoms with Crippen molar-refractivity contribution in [3.8, 4) is 0 Å². The van der Waals surface area contributed by atoms with E-state index in [-0.39, 0.29) is 11.5 Å². The maximum atomic E-state index is 11.8. The Labute approximate surface area is 107 Å². The first-order valence-electron chi connectivity index (χ1n) is 5.77. The zero-order valence-electron chi connectivity index (χ0n) is 10.2. The quantitative estimate of drug-likeness (QED) is 0.535. The number of nitrogens with zero attached hydrogens (tertiary/aromatic N) is 1. The number of rotatable bonds is 2. The van der Waals surface area contributed by atoms with Crippen molar-refractivity contribution >= 4 is 29.0 Å². The Morgan fingerprint density at radius 2 is 2.06 bits per heavy atom. The van der Waals surface area contributed by atoms with Gasteiger partial charge in [-0.25, -0.2) is 0 Å². The van der Waals surface area contributed by atoms with Crippen LogP contribution < -0.4 is 11.1 Å². The highest BCUT2D eigenvalue weighted by molar-refractivity contribution is 7.80. The summed E-state index contributed by atoms with van der Waals surface area (Å²) < 4.78 is 0. The molecule has 0 spiro atoms. The summed E-state index contributed by atoms with van der Waals surface area (Å²) in [5.41, 5.74) is 5.25. The first kappa shape index (κ1) is 13.9. The monoisotopic (exact) mass is 257 g/mol. The average Bonchev–Trinajstić information content (AvgIpc) is 2.28. The molecule has 3 N–H and O–H groups in total. The number of hydrogen-bond donors (Lipinski definition) is 2. The minimum Gasteiger partial charge on any atom is -0.392 e. The molecule has 0 aromatic carbocycles. The van der Waals surface area contributed by atoms with Crippen LogP contribution in [0.15, 0.2) is 0 Å². The summed E-state index contributed by atoms with van der Waals surface area (Å²) in [5, 5.41) is 2.41. The van der Waals surface area contributed by atoms with Gasteiger partial charge in [0.1, 0.15) is 0 Å². The van der Waals surface area contributed by atoms with E-state index >= 15 is 0 Å². The number of hydrogen-bond acceptors (Lipinski definition) is 3. The highest BCUT2D eigenvalue weighted by atomic mass is 32.1. The molecule has 0 aliphatic carbocycles. The van der Waals surface area contributed by atoms with Gasteiger partial charge in [0.25, 0.3) is 0 Å². The summed E-state index contributed by atoms with van der Waals surface area (Å²) in [6, 6.07) is 0. The van der Waals surface area contributed by atoms with Crippen LogP contribution in [0.25, 0.3) is 0 Å². The lowest BCUT2D eigenvalue weighted by Gasteiger charge is -2.34. The molecule has 5 nitrogen and oxygen atoms in total. The van der Waals surface area contributed by atoms with Gasteiger partial charge in [0, 0.05) is 13.1 Å². The Bertz CT molecular complexity index is 333. The van der Waals surface area contributed by atoms with Crippen LogP contribution in [0.1, 0.15) is 20.3 Å². The highest BCUT2D eigenvalue weighted by Gasteiger charge is 2.29. The molecule has 0 aromatic heterocycles. The summed E-state index contributed by atoms with van der Waals surface area (Å²) in [5.74, 6) is -0.0885. The first-order chi connectivity index (χ1) is 7.91. The average molecular weight is 257 g/mol. The van der Waals surface area contributed by atoms with Gasteiger partial charge in [-0.05, 0) is 18.3 Å². The number of carbonyl (C=O) groups excluding carboxylic acids is 2. The van der Waals surface area contributed by atoms with Crippen molar-refractivity contribution in [2.45, 2.75) is 20.3 Å². The van der Waals surface area contributed by atoms with Gasteiger partial charge in [-0.15, -0.1) is 0 Å². The van der Waals surface area contributed by atoms with Crippen molar-refractivity contribution in [2.75, 3.05) is 19.6 Å². The minimum atomic E-state index is -0.625. The number of piperidine rings is 1. The summed E-state index contributed by atoms with van der Waals surface area (Å²) in [6.07, 6.45) is 0.940. The van der Waals surface area contributed by atoms with Crippen molar-refractivity contribution < 1.29 is 9.59 Å². The molecule has 1 aliphatic rings. The second-order valence-electron chi connectivity index (χ2n) is 4.64. The lowest BCUT2D eigenvalue weighted by molar-refractivity contribution is -0.147. The van der Waals surface area contributed by atoms with Crippen LogP contribution in [-0.2, 0) is 9.59 Å². The molecule has 1 aliphatic heterocycles. The van der Waals surface area contributed by atoms with Crippen LogP contribution in [0.4, 0.5) is 0 Å². The molecule has 1 rings (SSSR count). The van der Waals surface area contributed by atoms with Gasteiger partial charge >= 0.3 is 11.8 Å². The summed E-state index contributed by atoms with van der Waals surface area (Å²) in [6.45, 7) is 5.61. The van der Waals surface area contributed by atoms with Gasteiger partial charge in [-0.3, -0.25) is 9.59 Å². The van der Waals surface area contributed by atoms with Crippen molar-refractivity contribution in [1.82, 2.24) is 10.2 Å². The second-order valence-corrected chi connectivity index (χ2v) is 5.17. The van der Waals surface area contributed by atoms with E-state index in [0.29, 0.717) is 24.9 Å². The number of thiocarbonyl (C=S) groups is 1. The lowest BCUT2D eigenvalue weighted by atomic mass is 9.88.